The SMILES string of the molecule is O=S(=O)(Cl)c1c(Br)cc(F)nc1OC(F)(F)F. The zero-order chi connectivity index (χ0) is 13.4. The van der Waals surface area contributed by atoms with Gasteiger partial charge in [0.15, 0.2) is 4.90 Å². The largest absolute Gasteiger partial charge is 0.574 e. The first kappa shape index (κ1) is 14.5. The average Bonchev–Trinajstić information content (AvgIpc) is 1.94. The Bertz CT molecular complexity index is 547. The van der Waals surface area contributed by atoms with Gasteiger partial charge in [-0.3, -0.25) is 0 Å². The van der Waals surface area contributed by atoms with Crippen LogP contribution in [-0.4, -0.2) is 19.8 Å². The average molecular weight is 358 g/mol. The van der Waals surface area contributed by atoms with Gasteiger partial charge < -0.3 is 4.74 Å². The minimum Gasteiger partial charge on any atom is -0.386 e. The first-order valence-electron chi connectivity index (χ1n) is 3.57. The highest BCUT2D eigenvalue weighted by Gasteiger charge is 2.36. The van der Waals surface area contributed by atoms with Crippen molar-refractivity contribution in [2.75, 3.05) is 0 Å². The van der Waals surface area contributed by atoms with Crippen molar-refractivity contribution in [3.8, 4) is 5.88 Å². The van der Waals surface area contributed by atoms with Gasteiger partial charge >= 0.3 is 6.36 Å². The molecule has 0 N–H and O–H groups in total. The lowest BCUT2D eigenvalue weighted by atomic mass is 10.5. The van der Waals surface area contributed by atoms with Gasteiger partial charge in [-0.15, -0.1) is 13.2 Å². The molecule has 0 saturated heterocycles. The summed E-state index contributed by atoms with van der Waals surface area (Å²) in [4.78, 5) is 1.58. The van der Waals surface area contributed by atoms with Crippen LogP contribution in [0.4, 0.5) is 17.6 Å². The van der Waals surface area contributed by atoms with Crippen molar-refractivity contribution in [3.63, 3.8) is 0 Å². The van der Waals surface area contributed by atoms with Gasteiger partial charge in [-0.2, -0.15) is 9.37 Å². The van der Waals surface area contributed by atoms with Crippen molar-refractivity contribution >= 4 is 35.7 Å². The van der Waals surface area contributed by atoms with Crippen molar-refractivity contribution in [2.24, 2.45) is 0 Å². The first-order valence-corrected chi connectivity index (χ1v) is 6.67. The van der Waals surface area contributed by atoms with E-state index >= 15 is 0 Å². The van der Waals surface area contributed by atoms with Gasteiger partial charge in [-0.05, 0) is 15.9 Å². The molecule has 1 aromatic heterocycles. The van der Waals surface area contributed by atoms with Gasteiger partial charge in [-0.25, -0.2) is 8.42 Å². The zero-order valence-electron chi connectivity index (χ0n) is 7.43. The van der Waals surface area contributed by atoms with E-state index < -0.39 is 36.6 Å². The Kier molecular flexibility index (Phi) is 3.89. The van der Waals surface area contributed by atoms with Crippen molar-refractivity contribution < 1.29 is 30.7 Å². The number of nitrogens with zero attached hydrogens (tertiary/aromatic N) is 1. The lowest BCUT2D eigenvalue weighted by Crippen LogP contribution is -2.20. The van der Waals surface area contributed by atoms with Gasteiger partial charge in [0.1, 0.15) is 0 Å². The second-order valence-corrected chi connectivity index (χ2v) is 5.90. The Morgan fingerprint density at radius 1 is 1.41 bits per heavy atom. The Morgan fingerprint density at radius 3 is 2.35 bits per heavy atom. The van der Waals surface area contributed by atoms with Crippen LogP contribution in [0.1, 0.15) is 0 Å². The molecule has 0 aliphatic rings. The molecule has 0 aliphatic carbocycles. The summed E-state index contributed by atoms with van der Waals surface area (Å²) in [5.74, 6) is -2.85. The van der Waals surface area contributed by atoms with E-state index in [1.807, 2.05) is 0 Å². The quantitative estimate of drug-likeness (QED) is 0.463. The molecule has 1 rings (SSSR count). The third-order valence-corrected chi connectivity index (χ3v) is 3.55. The predicted octanol–water partition coefficient (Wildman–Crippen LogP) is 2.81. The molecule has 0 aliphatic heterocycles. The Morgan fingerprint density at radius 2 is 1.94 bits per heavy atom. The summed E-state index contributed by atoms with van der Waals surface area (Å²) < 4.78 is 73.3. The maximum atomic E-state index is 12.7. The van der Waals surface area contributed by atoms with E-state index in [2.05, 4.69) is 25.7 Å². The molecule has 11 heteroatoms. The molecule has 1 aromatic rings. The number of alkyl halides is 3. The first-order chi connectivity index (χ1) is 7.50. The Labute approximate surface area is 105 Å². The van der Waals surface area contributed by atoms with E-state index in [-0.39, 0.29) is 0 Å². The fraction of sp³-hybridized carbons (Fsp3) is 0.167. The fourth-order valence-electron chi connectivity index (χ4n) is 0.852. The van der Waals surface area contributed by atoms with Crippen molar-refractivity contribution in [2.45, 2.75) is 11.3 Å². The molecule has 0 radical (unpaired) electrons. The van der Waals surface area contributed by atoms with Crippen LogP contribution in [0.15, 0.2) is 15.4 Å². The third kappa shape index (κ3) is 3.96. The second kappa shape index (κ2) is 4.58. The Balaban J connectivity index is 3.47. The van der Waals surface area contributed by atoms with Gasteiger partial charge in [0, 0.05) is 21.2 Å². The minimum absolute atomic E-state index is 0.528. The van der Waals surface area contributed by atoms with Crippen molar-refractivity contribution in [3.05, 3.63) is 16.5 Å². The second-order valence-electron chi connectivity index (χ2n) is 2.55. The summed E-state index contributed by atoms with van der Waals surface area (Å²) in [6.07, 6.45) is -5.23. The molecule has 0 spiro atoms. The fourth-order valence-corrected chi connectivity index (χ4v) is 3.16. The molecule has 0 atom stereocenters. The summed E-state index contributed by atoms with van der Waals surface area (Å²) in [6, 6.07) is 0.540. The van der Waals surface area contributed by atoms with Crippen LogP contribution < -0.4 is 4.74 Å². The number of pyridine rings is 1. The number of ether oxygens (including phenoxy) is 1. The molecule has 0 amide bonds. The van der Waals surface area contributed by atoms with Crippen LogP contribution in [-0.2, 0) is 9.05 Å². The van der Waals surface area contributed by atoms with Crippen molar-refractivity contribution in [1.82, 2.24) is 4.98 Å². The number of rotatable bonds is 2. The molecular weight excluding hydrogens is 357 g/mol. The molecule has 0 unspecified atom stereocenters. The van der Waals surface area contributed by atoms with E-state index in [1.165, 1.54) is 0 Å². The van der Waals surface area contributed by atoms with E-state index in [0.29, 0.717) is 6.07 Å². The van der Waals surface area contributed by atoms with Gasteiger partial charge in [0.2, 0.25) is 11.8 Å². The summed E-state index contributed by atoms with van der Waals surface area (Å²) in [5.41, 5.74) is 0. The summed E-state index contributed by atoms with van der Waals surface area (Å²) in [7, 11) is 0.300. The smallest absolute Gasteiger partial charge is 0.386 e. The molecule has 0 saturated carbocycles. The summed E-state index contributed by atoms with van der Waals surface area (Å²) >= 11 is 2.55. The van der Waals surface area contributed by atoms with Crippen LogP contribution in [0.5, 0.6) is 5.88 Å². The third-order valence-electron chi connectivity index (χ3n) is 1.32. The minimum atomic E-state index is -5.23. The maximum absolute atomic E-state index is 12.7. The lowest BCUT2D eigenvalue weighted by molar-refractivity contribution is -0.277. The summed E-state index contributed by atoms with van der Waals surface area (Å²) in [5, 5.41) is 0. The molecule has 0 bridgehead atoms. The normalized spacial score (nSPS) is 12.6. The van der Waals surface area contributed by atoms with Crippen molar-refractivity contribution in [1.29, 1.82) is 0 Å². The number of halogens is 6. The number of hydrogen-bond acceptors (Lipinski definition) is 4. The molecule has 1 heterocycles. The van der Waals surface area contributed by atoms with E-state index in [4.69, 9.17) is 10.7 Å². The van der Waals surface area contributed by atoms with Gasteiger partial charge in [0.05, 0.1) is 0 Å². The van der Waals surface area contributed by atoms with E-state index in [0.717, 1.165) is 0 Å². The van der Waals surface area contributed by atoms with Crippen LogP contribution in [0, 0.1) is 5.95 Å². The molecule has 0 aromatic carbocycles. The van der Waals surface area contributed by atoms with Crippen LogP contribution in [0.3, 0.4) is 0 Å². The highest BCUT2D eigenvalue weighted by atomic mass is 79.9. The highest BCUT2D eigenvalue weighted by molar-refractivity contribution is 9.10. The number of aromatic nitrogens is 1. The molecule has 17 heavy (non-hydrogen) atoms. The standard InChI is InChI=1S/C6HBrClF4NO3S/c7-2-1-3(9)13-5(16-6(10,11)12)4(2)17(8,14)15/h1H. The van der Waals surface area contributed by atoms with Crippen LogP contribution >= 0.6 is 26.6 Å². The molecule has 96 valence electrons. The maximum Gasteiger partial charge on any atom is 0.574 e. The van der Waals surface area contributed by atoms with E-state index in [1.54, 1.807) is 0 Å². The van der Waals surface area contributed by atoms with Gasteiger partial charge in [0.25, 0.3) is 9.05 Å². The monoisotopic (exact) mass is 357 g/mol. The van der Waals surface area contributed by atoms with Gasteiger partial charge in [-0.1, -0.05) is 0 Å². The lowest BCUT2D eigenvalue weighted by Gasteiger charge is -2.11. The predicted molar refractivity (Wildman–Crippen MR) is 51.6 cm³/mol. The topological polar surface area (TPSA) is 56.3 Å². The zero-order valence-corrected chi connectivity index (χ0v) is 10.6. The highest BCUT2D eigenvalue weighted by Crippen LogP contribution is 2.35. The number of hydrogen-bond donors (Lipinski definition) is 0. The Hall–Kier alpha value is -0.610. The molecular formula is C6HBrClF4NO3S. The molecule has 4 nitrogen and oxygen atoms in total. The summed E-state index contributed by atoms with van der Waals surface area (Å²) in [6.45, 7) is 0. The van der Waals surface area contributed by atoms with Crippen LogP contribution in [0.2, 0.25) is 0 Å². The van der Waals surface area contributed by atoms with E-state index in [9.17, 15) is 26.0 Å². The van der Waals surface area contributed by atoms with Crippen LogP contribution in [0.25, 0.3) is 0 Å². The molecule has 0 fully saturated rings.